The number of ether oxygens (including phenoxy) is 2. The van der Waals surface area contributed by atoms with Crippen molar-refractivity contribution < 1.29 is 32.2 Å². The summed E-state index contributed by atoms with van der Waals surface area (Å²) in [5, 5.41) is 8.99. The number of alkyl halides is 3. The summed E-state index contributed by atoms with van der Waals surface area (Å²) in [4.78, 5) is 31.5. The zero-order valence-electron chi connectivity index (χ0n) is 20.6. The molecule has 0 spiro atoms. The Morgan fingerprint density at radius 1 is 1.21 bits per heavy atom. The normalized spacial score (nSPS) is 19.2. The summed E-state index contributed by atoms with van der Waals surface area (Å²) < 4.78 is 50.2. The van der Waals surface area contributed by atoms with Crippen molar-refractivity contribution in [1.82, 2.24) is 15.2 Å². The first-order chi connectivity index (χ1) is 18.2. The Kier molecular flexibility index (Phi) is 6.74. The number of benzene rings is 1. The van der Waals surface area contributed by atoms with Gasteiger partial charge in [0.05, 0.1) is 18.4 Å². The predicted octanol–water partition coefficient (Wildman–Crippen LogP) is 4.97. The minimum Gasteiger partial charge on any atom is -0.443 e. The summed E-state index contributed by atoms with van der Waals surface area (Å²) in [6.07, 6.45) is -2.31. The van der Waals surface area contributed by atoms with E-state index in [2.05, 4.69) is 20.5 Å². The van der Waals surface area contributed by atoms with Gasteiger partial charge in [0.15, 0.2) is 5.69 Å². The minimum atomic E-state index is -4.72. The van der Waals surface area contributed by atoms with Crippen LogP contribution in [0, 0.1) is 6.92 Å². The molecule has 2 aliphatic rings. The fourth-order valence-electron chi connectivity index (χ4n) is 4.71. The van der Waals surface area contributed by atoms with E-state index >= 15 is 0 Å². The molecule has 2 unspecified atom stereocenters. The van der Waals surface area contributed by atoms with E-state index in [0.29, 0.717) is 43.8 Å². The van der Waals surface area contributed by atoms with Gasteiger partial charge in [-0.1, -0.05) is 6.07 Å². The summed E-state index contributed by atoms with van der Waals surface area (Å²) in [5.74, 6) is -0.292. The molecule has 4 heterocycles. The standard InChI is InChI=1S/C26H24F3N5O4/c1-3-34-23-20(18-6-7-37-13-21(18)38-25(34)36)8-15(11-30-23)19-10-17(5-4-14(19)2)32-24(35)16-9-22(26(27,28)29)33-31-12-16/h4-5,8-12,18,21H,3,6-7,13H2,1-2H3,(H,32,35). The maximum atomic E-state index is 13.0. The number of aromatic nitrogens is 3. The van der Waals surface area contributed by atoms with Gasteiger partial charge in [0.25, 0.3) is 5.91 Å². The third-order valence-corrected chi connectivity index (χ3v) is 6.66. The molecule has 1 N–H and O–H groups in total. The quantitative estimate of drug-likeness (QED) is 0.511. The van der Waals surface area contributed by atoms with Crippen molar-refractivity contribution in [3.63, 3.8) is 0 Å². The Morgan fingerprint density at radius 2 is 2.03 bits per heavy atom. The van der Waals surface area contributed by atoms with Gasteiger partial charge < -0.3 is 14.8 Å². The van der Waals surface area contributed by atoms with Crippen molar-refractivity contribution in [1.29, 1.82) is 0 Å². The fourth-order valence-corrected chi connectivity index (χ4v) is 4.71. The molecule has 3 aromatic rings. The molecule has 1 fully saturated rings. The average molecular weight is 528 g/mol. The van der Waals surface area contributed by atoms with Crippen LogP contribution in [0.15, 0.2) is 42.7 Å². The van der Waals surface area contributed by atoms with E-state index in [1.165, 1.54) is 4.90 Å². The SMILES string of the molecule is CCN1C(=O)OC2COCCC2c2cc(-c3cc(NC(=O)c4cnnc(C(F)(F)F)c4)ccc3C)cnc21. The summed E-state index contributed by atoms with van der Waals surface area (Å²) in [7, 11) is 0. The van der Waals surface area contributed by atoms with Crippen LogP contribution in [0.4, 0.5) is 29.5 Å². The molecule has 5 rings (SSSR count). The molecular formula is C26H24F3N5O4. The highest BCUT2D eigenvalue weighted by Crippen LogP contribution is 2.40. The van der Waals surface area contributed by atoms with Crippen LogP contribution in [0.5, 0.6) is 0 Å². The predicted molar refractivity (Wildman–Crippen MR) is 131 cm³/mol. The van der Waals surface area contributed by atoms with Crippen molar-refractivity contribution in [3.8, 4) is 11.1 Å². The number of carbonyl (C=O) groups excluding carboxylic acids is 2. The van der Waals surface area contributed by atoms with E-state index in [9.17, 15) is 22.8 Å². The molecule has 2 aliphatic heterocycles. The molecule has 2 amide bonds. The molecule has 12 heteroatoms. The molecule has 2 aromatic heterocycles. The molecule has 0 radical (unpaired) electrons. The molecule has 38 heavy (non-hydrogen) atoms. The van der Waals surface area contributed by atoms with Gasteiger partial charge in [-0.2, -0.15) is 18.3 Å². The lowest BCUT2D eigenvalue weighted by molar-refractivity contribution is -0.141. The summed E-state index contributed by atoms with van der Waals surface area (Å²) in [6, 6.07) is 7.82. The molecule has 0 bridgehead atoms. The van der Waals surface area contributed by atoms with E-state index in [-0.39, 0.29) is 11.5 Å². The number of hydrogen-bond acceptors (Lipinski definition) is 7. The smallest absolute Gasteiger partial charge is 0.435 e. The molecular weight excluding hydrogens is 503 g/mol. The number of pyridine rings is 1. The Morgan fingerprint density at radius 3 is 2.79 bits per heavy atom. The van der Waals surface area contributed by atoms with Gasteiger partial charge in [-0.05, 0) is 55.7 Å². The van der Waals surface area contributed by atoms with Gasteiger partial charge in [0.2, 0.25) is 0 Å². The molecule has 1 aromatic carbocycles. The van der Waals surface area contributed by atoms with E-state index in [0.717, 1.165) is 28.5 Å². The largest absolute Gasteiger partial charge is 0.443 e. The number of nitrogens with zero attached hydrogens (tertiary/aromatic N) is 4. The number of rotatable bonds is 4. The maximum Gasteiger partial charge on any atom is 0.435 e. The first kappa shape index (κ1) is 25.6. The van der Waals surface area contributed by atoms with Gasteiger partial charge in [0.1, 0.15) is 11.9 Å². The van der Waals surface area contributed by atoms with E-state index in [4.69, 9.17) is 9.47 Å². The van der Waals surface area contributed by atoms with Gasteiger partial charge in [-0.3, -0.25) is 9.69 Å². The Hall–Kier alpha value is -4.06. The zero-order valence-corrected chi connectivity index (χ0v) is 20.6. The highest BCUT2D eigenvalue weighted by Gasteiger charge is 2.39. The second-order valence-electron chi connectivity index (χ2n) is 9.08. The average Bonchev–Trinajstić information content (AvgIpc) is 3.02. The summed E-state index contributed by atoms with van der Waals surface area (Å²) in [5.41, 5.74) is 2.17. The number of halogens is 3. The van der Waals surface area contributed by atoms with Crippen LogP contribution in [0.1, 0.15) is 46.4 Å². The van der Waals surface area contributed by atoms with E-state index in [1.54, 1.807) is 24.4 Å². The van der Waals surface area contributed by atoms with E-state index < -0.39 is 30.0 Å². The Bertz CT molecular complexity index is 1400. The number of hydrogen-bond donors (Lipinski definition) is 1. The van der Waals surface area contributed by atoms with Crippen molar-refractivity contribution in [2.75, 3.05) is 30.0 Å². The van der Waals surface area contributed by atoms with Gasteiger partial charge in [0, 0.05) is 42.1 Å². The molecule has 1 saturated heterocycles. The molecule has 0 saturated carbocycles. The first-order valence-electron chi connectivity index (χ1n) is 12.0. The highest BCUT2D eigenvalue weighted by atomic mass is 19.4. The fraction of sp³-hybridized carbons (Fsp3) is 0.346. The molecule has 2 atom stereocenters. The summed E-state index contributed by atoms with van der Waals surface area (Å²) in [6.45, 7) is 4.97. The van der Waals surface area contributed by atoms with Crippen LogP contribution in [0.2, 0.25) is 0 Å². The number of nitrogens with one attached hydrogen (secondary N) is 1. The Balaban J connectivity index is 1.48. The molecule has 0 aliphatic carbocycles. The third kappa shape index (κ3) is 4.91. The monoisotopic (exact) mass is 527 g/mol. The van der Waals surface area contributed by atoms with Crippen molar-refractivity contribution in [2.24, 2.45) is 0 Å². The number of fused-ring (bicyclic) bond motifs is 3. The van der Waals surface area contributed by atoms with Crippen LogP contribution >= 0.6 is 0 Å². The van der Waals surface area contributed by atoms with Crippen LogP contribution < -0.4 is 10.2 Å². The topological polar surface area (TPSA) is 107 Å². The third-order valence-electron chi connectivity index (χ3n) is 6.66. The van der Waals surface area contributed by atoms with Gasteiger partial charge in [-0.25, -0.2) is 9.78 Å². The van der Waals surface area contributed by atoms with Crippen LogP contribution in [0.3, 0.4) is 0 Å². The number of carbonyl (C=O) groups is 2. The lowest BCUT2D eigenvalue weighted by Gasteiger charge is -2.29. The second kappa shape index (κ2) is 10.0. The van der Waals surface area contributed by atoms with E-state index in [1.807, 2.05) is 19.9 Å². The summed E-state index contributed by atoms with van der Waals surface area (Å²) >= 11 is 0. The minimum absolute atomic E-state index is 0.0862. The number of aryl methyl sites for hydroxylation is 1. The first-order valence-corrected chi connectivity index (χ1v) is 12.0. The lowest BCUT2D eigenvalue weighted by Crippen LogP contribution is -2.36. The second-order valence-corrected chi connectivity index (χ2v) is 9.08. The van der Waals surface area contributed by atoms with Gasteiger partial charge >= 0.3 is 12.3 Å². The number of amides is 2. The van der Waals surface area contributed by atoms with Crippen molar-refractivity contribution in [2.45, 2.75) is 38.5 Å². The Labute approximate surface area is 216 Å². The van der Waals surface area contributed by atoms with Crippen LogP contribution in [-0.2, 0) is 15.7 Å². The van der Waals surface area contributed by atoms with Crippen LogP contribution in [-0.4, -0.2) is 53.0 Å². The maximum absolute atomic E-state index is 13.0. The number of anilines is 2. The zero-order chi connectivity index (χ0) is 27.0. The highest BCUT2D eigenvalue weighted by molar-refractivity contribution is 6.04. The van der Waals surface area contributed by atoms with Gasteiger partial charge in [-0.15, -0.1) is 5.10 Å². The molecule has 198 valence electrons. The van der Waals surface area contributed by atoms with Crippen molar-refractivity contribution in [3.05, 3.63) is 65.1 Å². The van der Waals surface area contributed by atoms with Crippen molar-refractivity contribution >= 4 is 23.5 Å². The van der Waals surface area contributed by atoms with Crippen LogP contribution in [0.25, 0.3) is 11.1 Å². The molecule has 9 nitrogen and oxygen atoms in total. The lowest BCUT2D eigenvalue weighted by atomic mass is 9.87.